The van der Waals surface area contributed by atoms with E-state index in [9.17, 15) is 14.4 Å². The summed E-state index contributed by atoms with van der Waals surface area (Å²) in [5.41, 5.74) is -0.0443. The second-order valence-electron chi connectivity index (χ2n) is 5.29. The van der Waals surface area contributed by atoms with Crippen molar-refractivity contribution in [2.75, 3.05) is 6.61 Å². The molecule has 120 valence electrons. The number of fused-ring (bicyclic) bond motifs is 1. The van der Waals surface area contributed by atoms with Crippen molar-refractivity contribution in [2.24, 2.45) is 0 Å². The van der Waals surface area contributed by atoms with E-state index in [1.54, 1.807) is 13.8 Å². The molecule has 7 heteroatoms. The summed E-state index contributed by atoms with van der Waals surface area (Å²) in [6.07, 6.45) is 0.800. The number of aldehydes is 1. The molecule has 2 aromatic rings. The van der Waals surface area contributed by atoms with Crippen molar-refractivity contribution < 1.29 is 9.53 Å². The summed E-state index contributed by atoms with van der Waals surface area (Å²) < 4.78 is 8.24. The highest BCUT2D eigenvalue weighted by atomic mass is 32.1. The average Bonchev–Trinajstić information content (AvgIpc) is 2.79. The molecule has 2 aromatic heterocycles. The van der Waals surface area contributed by atoms with Gasteiger partial charge < -0.3 is 4.74 Å². The first-order valence-electron chi connectivity index (χ1n) is 7.25. The van der Waals surface area contributed by atoms with Gasteiger partial charge in [0.1, 0.15) is 4.83 Å². The summed E-state index contributed by atoms with van der Waals surface area (Å²) in [4.78, 5) is 37.2. The van der Waals surface area contributed by atoms with Crippen LogP contribution in [0.1, 0.15) is 36.0 Å². The van der Waals surface area contributed by atoms with Gasteiger partial charge in [0.05, 0.1) is 29.5 Å². The van der Waals surface area contributed by atoms with Crippen LogP contribution in [0.25, 0.3) is 10.2 Å². The maximum atomic E-state index is 12.5. The highest BCUT2D eigenvalue weighted by Gasteiger charge is 2.19. The van der Waals surface area contributed by atoms with Crippen molar-refractivity contribution in [1.82, 2.24) is 9.13 Å². The van der Waals surface area contributed by atoms with Crippen molar-refractivity contribution in [3.05, 3.63) is 31.3 Å². The van der Waals surface area contributed by atoms with Gasteiger partial charge in [-0.3, -0.25) is 18.7 Å². The average molecular weight is 324 g/mol. The molecule has 6 nitrogen and oxygen atoms in total. The first-order chi connectivity index (χ1) is 10.4. The molecule has 0 amide bonds. The fourth-order valence-corrected chi connectivity index (χ4v) is 3.51. The molecule has 0 aliphatic heterocycles. The first-order valence-corrected chi connectivity index (χ1v) is 8.07. The molecule has 0 saturated carbocycles. The smallest absolute Gasteiger partial charge is 0.332 e. The van der Waals surface area contributed by atoms with Gasteiger partial charge in [0, 0.05) is 6.54 Å². The van der Waals surface area contributed by atoms with Crippen molar-refractivity contribution in [2.45, 2.75) is 46.9 Å². The van der Waals surface area contributed by atoms with E-state index < -0.39 is 0 Å². The number of hydrogen-bond donors (Lipinski definition) is 0. The third kappa shape index (κ3) is 2.78. The van der Waals surface area contributed by atoms with E-state index in [0.717, 1.165) is 6.29 Å². The molecule has 0 radical (unpaired) electrons. The lowest BCUT2D eigenvalue weighted by molar-refractivity contribution is 0.0725. The molecule has 0 unspecified atom stereocenters. The van der Waals surface area contributed by atoms with Crippen LogP contribution in [0, 0.1) is 6.92 Å². The van der Waals surface area contributed by atoms with Gasteiger partial charge in [0.15, 0.2) is 6.29 Å². The van der Waals surface area contributed by atoms with Gasteiger partial charge in [-0.25, -0.2) is 4.79 Å². The third-order valence-electron chi connectivity index (χ3n) is 3.52. The topological polar surface area (TPSA) is 70.3 Å². The number of carbonyl (C=O) groups is 1. The van der Waals surface area contributed by atoms with E-state index in [0.29, 0.717) is 40.4 Å². The van der Waals surface area contributed by atoms with Crippen molar-refractivity contribution in [3.63, 3.8) is 0 Å². The fraction of sp³-hybridized carbons (Fsp3) is 0.533. The van der Waals surface area contributed by atoms with Crippen LogP contribution >= 0.6 is 11.3 Å². The monoisotopic (exact) mass is 324 g/mol. The maximum absolute atomic E-state index is 12.5. The zero-order valence-corrected chi connectivity index (χ0v) is 14.0. The highest BCUT2D eigenvalue weighted by Crippen LogP contribution is 2.26. The number of carbonyl (C=O) groups excluding carboxylic acids is 1. The fourth-order valence-electron chi connectivity index (χ4n) is 2.38. The molecule has 0 fully saturated rings. The summed E-state index contributed by atoms with van der Waals surface area (Å²) in [7, 11) is 0. The van der Waals surface area contributed by atoms with Crippen LogP contribution in [0.15, 0.2) is 9.59 Å². The summed E-state index contributed by atoms with van der Waals surface area (Å²) in [6.45, 7) is 8.36. The molecule has 0 atom stereocenters. The van der Waals surface area contributed by atoms with Crippen LogP contribution in [-0.4, -0.2) is 28.1 Å². The molecule has 0 aliphatic rings. The Balaban J connectivity index is 2.70. The third-order valence-corrected chi connectivity index (χ3v) is 4.76. The van der Waals surface area contributed by atoms with Gasteiger partial charge in [-0.1, -0.05) is 0 Å². The number of aromatic nitrogens is 2. The molecule has 2 heterocycles. The van der Waals surface area contributed by atoms with Gasteiger partial charge in [-0.15, -0.1) is 11.3 Å². The normalized spacial score (nSPS) is 11.5. The lowest BCUT2D eigenvalue weighted by Gasteiger charge is -2.12. The molecular weight excluding hydrogens is 304 g/mol. The predicted molar refractivity (Wildman–Crippen MR) is 87.2 cm³/mol. The lowest BCUT2D eigenvalue weighted by Crippen LogP contribution is -2.40. The van der Waals surface area contributed by atoms with Crippen LogP contribution in [0.4, 0.5) is 0 Å². The summed E-state index contributed by atoms with van der Waals surface area (Å²) in [6, 6.07) is 0. The summed E-state index contributed by atoms with van der Waals surface area (Å²) >= 11 is 1.18. The Hall–Kier alpha value is -1.73. The zero-order valence-electron chi connectivity index (χ0n) is 13.2. The number of ether oxygens (including phenoxy) is 1. The lowest BCUT2D eigenvalue weighted by atomic mass is 10.2. The Bertz CT molecular complexity index is 814. The Labute approximate surface area is 131 Å². The van der Waals surface area contributed by atoms with Crippen molar-refractivity contribution in [1.29, 1.82) is 0 Å². The van der Waals surface area contributed by atoms with E-state index in [-0.39, 0.29) is 17.4 Å². The van der Waals surface area contributed by atoms with Gasteiger partial charge in [-0.05, 0) is 33.3 Å². The van der Waals surface area contributed by atoms with Gasteiger partial charge in [0.2, 0.25) is 0 Å². The molecule has 0 aliphatic carbocycles. The minimum Gasteiger partial charge on any atom is -0.377 e. The molecule has 0 saturated heterocycles. The molecular formula is C15H20N2O4S. The van der Waals surface area contributed by atoms with E-state index in [1.165, 1.54) is 20.5 Å². The summed E-state index contributed by atoms with van der Waals surface area (Å²) in [5, 5.41) is 0.457. The van der Waals surface area contributed by atoms with Gasteiger partial charge >= 0.3 is 5.69 Å². The maximum Gasteiger partial charge on any atom is 0.332 e. The Morgan fingerprint density at radius 1 is 1.27 bits per heavy atom. The predicted octanol–water partition coefficient (Wildman–Crippen LogP) is 1.79. The van der Waals surface area contributed by atoms with Crippen LogP contribution in [0.5, 0.6) is 0 Å². The Morgan fingerprint density at radius 2 is 1.95 bits per heavy atom. The molecule has 22 heavy (non-hydrogen) atoms. The number of rotatable bonds is 6. The zero-order chi connectivity index (χ0) is 16.4. The second-order valence-corrected chi connectivity index (χ2v) is 6.32. The molecule has 2 rings (SSSR count). The van der Waals surface area contributed by atoms with Crippen LogP contribution in [0.3, 0.4) is 0 Å². The number of nitrogens with zero attached hydrogens (tertiary/aromatic N) is 2. The summed E-state index contributed by atoms with van der Waals surface area (Å²) in [5.74, 6) is 0. The van der Waals surface area contributed by atoms with E-state index in [1.807, 2.05) is 13.8 Å². The van der Waals surface area contributed by atoms with Crippen LogP contribution < -0.4 is 11.2 Å². The number of thiophene rings is 1. The van der Waals surface area contributed by atoms with Crippen LogP contribution in [0.2, 0.25) is 0 Å². The molecule has 0 spiro atoms. The van der Waals surface area contributed by atoms with Gasteiger partial charge in [0.25, 0.3) is 5.56 Å². The Kier molecular flexibility index (Phi) is 4.97. The van der Waals surface area contributed by atoms with Crippen molar-refractivity contribution >= 4 is 27.8 Å². The van der Waals surface area contributed by atoms with E-state index in [4.69, 9.17) is 4.74 Å². The van der Waals surface area contributed by atoms with Gasteiger partial charge in [-0.2, -0.15) is 0 Å². The van der Waals surface area contributed by atoms with E-state index >= 15 is 0 Å². The molecule has 0 aromatic carbocycles. The highest BCUT2D eigenvalue weighted by molar-refractivity contribution is 7.20. The first kappa shape index (κ1) is 16.6. The van der Waals surface area contributed by atoms with Crippen molar-refractivity contribution in [3.8, 4) is 0 Å². The second kappa shape index (κ2) is 6.58. The standard InChI is InChI=1S/C15H20N2O4S/c1-5-16-13(19)12-10(4)11(8-18)22-14(12)17(15(16)20)6-7-21-9(2)3/h8-9H,5-7H2,1-4H3. The quantitative estimate of drug-likeness (QED) is 0.760. The SMILES string of the molecule is CCn1c(=O)c2c(C)c(C=O)sc2n(CCOC(C)C)c1=O. The molecule has 0 N–H and O–H groups in total. The number of hydrogen-bond acceptors (Lipinski definition) is 5. The minimum atomic E-state index is -0.356. The van der Waals surface area contributed by atoms with E-state index in [2.05, 4.69) is 0 Å². The Morgan fingerprint density at radius 3 is 2.50 bits per heavy atom. The molecule has 0 bridgehead atoms. The number of aryl methyl sites for hydroxylation is 1. The minimum absolute atomic E-state index is 0.0684. The largest absolute Gasteiger partial charge is 0.377 e. The van der Waals surface area contributed by atoms with Crippen LogP contribution in [-0.2, 0) is 17.8 Å².